The predicted octanol–water partition coefficient (Wildman–Crippen LogP) is 2.43. The summed E-state index contributed by atoms with van der Waals surface area (Å²) in [5.41, 5.74) is 0.609. The van der Waals surface area contributed by atoms with E-state index in [-0.39, 0.29) is 23.2 Å². The lowest BCUT2D eigenvalue weighted by atomic mass is 9.82. The molecule has 3 heterocycles. The van der Waals surface area contributed by atoms with Crippen molar-refractivity contribution < 1.29 is 14.3 Å². The molecule has 0 bridgehead atoms. The first-order chi connectivity index (χ1) is 9.61. The first-order valence-electron chi connectivity index (χ1n) is 7.19. The molecule has 1 aromatic heterocycles. The van der Waals surface area contributed by atoms with Crippen LogP contribution >= 0.6 is 11.5 Å². The molecule has 2 unspecified atom stereocenters. The molecule has 2 fully saturated rings. The Labute approximate surface area is 122 Å². The average molecular weight is 296 g/mol. The minimum atomic E-state index is -0.227. The van der Waals surface area contributed by atoms with Crippen LogP contribution < -0.4 is 0 Å². The lowest BCUT2D eigenvalue weighted by Gasteiger charge is -2.36. The minimum Gasteiger partial charge on any atom is -0.378 e. The van der Waals surface area contributed by atoms with Crippen molar-refractivity contribution in [1.29, 1.82) is 0 Å². The van der Waals surface area contributed by atoms with Crippen LogP contribution in [0, 0.1) is 5.92 Å². The topological polar surface area (TPSA) is 61.3 Å². The predicted molar refractivity (Wildman–Crippen MR) is 75.2 cm³/mol. The minimum absolute atomic E-state index is 0.0187. The van der Waals surface area contributed by atoms with Gasteiger partial charge in [0.15, 0.2) is 5.78 Å². The molecule has 2 saturated heterocycles. The van der Waals surface area contributed by atoms with Crippen LogP contribution in [-0.2, 0) is 9.47 Å². The van der Waals surface area contributed by atoms with Crippen molar-refractivity contribution in [2.45, 2.75) is 44.6 Å². The second-order valence-electron chi connectivity index (χ2n) is 6.03. The van der Waals surface area contributed by atoms with Gasteiger partial charge in [-0.05, 0) is 30.3 Å². The normalized spacial score (nSPS) is 30.2. The zero-order chi connectivity index (χ0) is 14.2. The largest absolute Gasteiger partial charge is 0.378 e. The molecular weight excluding hydrogens is 276 g/mol. The Morgan fingerprint density at radius 2 is 2.30 bits per heavy atom. The van der Waals surface area contributed by atoms with E-state index in [0.29, 0.717) is 13.2 Å². The molecule has 0 radical (unpaired) electrons. The molecule has 2 aliphatic heterocycles. The number of carbonyl (C=O) groups excluding carboxylic acids is 1. The van der Waals surface area contributed by atoms with Crippen molar-refractivity contribution >= 4 is 17.3 Å². The van der Waals surface area contributed by atoms with Crippen LogP contribution in [0.3, 0.4) is 0 Å². The summed E-state index contributed by atoms with van der Waals surface area (Å²) in [5.74, 6) is 0.444. The number of rotatable bonds is 3. The Kier molecular flexibility index (Phi) is 3.88. The third-order valence-corrected chi connectivity index (χ3v) is 4.97. The molecule has 0 aliphatic carbocycles. The zero-order valence-electron chi connectivity index (χ0n) is 11.9. The first kappa shape index (κ1) is 14.1. The summed E-state index contributed by atoms with van der Waals surface area (Å²) in [6.45, 7) is 6.09. The summed E-state index contributed by atoms with van der Waals surface area (Å²) in [4.78, 5) is 13.5. The van der Waals surface area contributed by atoms with Crippen LogP contribution in [0.5, 0.6) is 0 Å². The number of carbonyl (C=O) groups is 1. The molecular formula is C14H20N2O3S. The summed E-state index contributed by atoms with van der Waals surface area (Å²) in [5, 5.41) is 4.11. The van der Waals surface area contributed by atoms with Crippen molar-refractivity contribution in [1.82, 2.24) is 9.59 Å². The molecule has 3 rings (SSSR count). The van der Waals surface area contributed by atoms with Crippen molar-refractivity contribution in [2.24, 2.45) is 5.92 Å². The maximum Gasteiger partial charge on any atom is 0.179 e. The number of hydrogen-bond donors (Lipinski definition) is 0. The molecule has 2 atom stereocenters. The standard InChI is InChI=1S/C14H20N2O3S/c1-9(2)11-13(20-16-15-11)12(17)10-3-5-19-14(7-10)4-6-18-8-14/h9-10H,3-8H2,1-2H3. The van der Waals surface area contributed by atoms with E-state index in [4.69, 9.17) is 9.47 Å². The van der Waals surface area contributed by atoms with E-state index < -0.39 is 0 Å². The van der Waals surface area contributed by atoms with Crippen molar-refractivity contribution in [3.8, 4) is 0 Å². The van der Waals surface area contributed by atoms with Gasteiger partial charge < -0.3 is 9.47 Å². The Morgan fingerprint density at radius 3 is 3.00 bits per heavy atom. The van der Waals surface area contributed by atoms with Crippen LogP contribution in [0.1, 0.15) is 54.4 Å². The van der Waals surface area contributed by atoms with Gasteiger partial charge in [-0.25, -0.2) is 0 Å². The number of Topliss-reactive ketones (excluding diaryl/α,β-unsaturated/α-hetero) is 1. The van der Waals surface area contributed by atoms with Gasteiger partial charge >= 0.3 is 0 Å². The number of hydrogen-bond acceptors (Lipinski definition) is 6. The van der Waals surface area contributed by atoms with Gasteiger partial charge in [-0.2, -0.15) is 0 Å². The molecule has 110 valence electrons. The fourth-order valence-corrected chi connectivity index (χ4v) is 3.88. The number of nitrogens with zero attached hydrogens (tertiary/aromatic N) is 2. The highest BCUT2D eigenvalue weighted by atomic mass is 32.1. The monoisotopic (exact) mass is 296 g/mol. The van der Waals surface area contributed by atoms with E-state index in [2.05, 4.69) is 9.59 Å². The van der Waals surface area contributed by atoms with Gasteiger partial charge in [0.05, 0.1) is 17.9 Å². The Balaban J connectivity index is 1.78. The van der Waals surface area contributed by atoms with E-state index >= 15 is 0 Å². The summed E-state index contributed by atoms with van der Waals surface area (Å²) < 4.78 is 15.3. The summed E-state index contributed by atoms with van der Waals surface area (Å²) in [6, 6.07) is 0. The van der Waals surface area contributed by atoms with Gasteiger partial charge in [-0.1, -0.05) is 18.3 Å². The zero-order valence-corrected chi connectivity index (χ0v) is 12.7. The Morgan fingerprint density at radius 1 is 1.45 bits per heavy atom. The molecule has 1 spiro atoms. The van der Waals surface area contributed by atoms with Gasteiger partial charge in [0.1, 0.15) is 4.88 Å². The molecule has 20 heavy (non-hydrogen) atoms. The molecule has 0 amide bonds. The fourth-order valence-electron chi connectivity index (χ4n) is 3.05. The fraction of sp³-hybridized carbons (Fsp3) is 0.786. The van der Waals surface area contributed by atoms with Crippen LogP contribution in [0.25, 0.3) is 0 Å². The van der Waals surface area contributed by atoms with Crippen LogP contribution in [0.15, 0.2) is 0 Å². The lowest BCUT2D eigenvalue weighted by Crippen LogP contribution is -2.42. The molecule has 1 aromatic rings. The second-order valence-corrected chi connectivity index (χ2v) is 6.78. The molecule has 6 heteroatoms. The smallest absolute Gasteiger partial charge is 0.179 e. The van der Waals surface area contributed by atoms with Gasteiger partial charge in [-0.3, -0.25) is 4.79 Å². The SMILES string of the molecule is CC(C)c1nnsc1C(=O)C1CCOC2(CCOC2)C1. The van der Waals surface area contributed by atoms with E-state index in [1.807, 2.05) is 13.8 Å². The summed E-state index contributed by atoms with van der Waals surface area (Å²) >= 11 is 1.23. The van der Waals surface area contributed by atoms with Gasteiger partial charge in [-0.15, -0.1) is 5.10 Å². The summed E-state index contributed by atoms with van der Waals surface area (Å²) in [6.07, 6.45) is 2.45. The van der Waals surface area contributed by atoms with Crippen LogP contribution in [0.2, 0.25) is 0 Å². The van der Waals surface area contributed by atoms with Crippen LogP contribution in [-0.4, -0.2) is 40.8 Å². The van der Waals surface area contributed by atoms with Crippen LogP contribution in [0.4, 0.5) is 0 Å². The van der Waals surface area contributed by atoms with E-state index in [1.54, 1.807) is 0 Å². The Bertz CT molecular complexity index is 494. The number of aromatic nitrogens is 2. The molecule has 0 saturated carbocycles. The lowest BCUT2D eigenvalue weighted by molar-refractivity contribution is -0.0920. The van der Waals surface area contributed by atoms with E-state index in [0.717, 1.165) is 36.4 Å². The van der Waals surface area contributed by atoms with E-state index in [9.17, 15) is 4.79 Å². The third-order valence-electron chi connectivity index (χ3n) is 4.21. The molecule has 2 aliphatic rings. The summed E-state index contributed by atoms with van der Waals surface area (Å²) in [7, 11) is 0. The maximum absolute atomic E-state index is 12.8. The number of ketones is 1. The highest BCUT2D eigenvalue weighted by Crippen LogP contribution is 2.38. The van der Waals surface area contributed by atoms with Gasteiger partial charge in [0.25, 0.3) is 0 Å². The van der Waals surface area contributed by atoms with Gasteiger partial charge in [0, 0.05) is 25.6 Å². The first-order valence-corrected chi connectivity index (χ1v) is 7.97. The molecule has 0 N–H and O–H groups in total. The maximum atomic E-state index is 12.8. The second kappa shape index (κ2) is 5.50. The number of ether oxygens (including phenoxy) is 2. The average Bonchev–Trinajstić information content (AvgIpc) is 3.07. The molecule has 0 aromatic carbocycles. The van der Waals surface area contributed by atoms with Crippen molar-refractivity contribution in [3.63, 3.8) is 0 Å². The highest BCUT2D eigenvalue weighted by molar-refractivity contribution is 7.08. The third kappa shape index (κ3) is 2.52. The van der Waals surface area contributed by atoms with E-state index in [1.165, 1.54) is 11.5 Å². The van der Waals surface area contributed by atoms with Gasteiger partial charge in [0.2, 0.25) is 0 Å². The van der Waals surface area contributed by atoms with Crippen molar-refractivity contribution in [2.75, 3.05) is 19.8 Å². The Hall–Kier alpha value is -0.850. The quantitative estimate of drug-likeness (QED) is 0.802. The highest BCUT2D eigenvalue weighted by Gasteiger charge is 2.43. The molecule has 5 nitrogen and oxygen atoms in total. The van der Waals surface area contributed by atoms with Crippen molar-refractivity contribution in [3.05, 3.63) is 10.6 Å².